The molecule has 3 heterocycles. The molecule has 1 unspecified atom stereocenters. The van der Waals surface area contributed by atoms with E-state index in [9.17, 15) is 4.79 Å². The molecule has 3 aromatic rings. The van der Waals surface area contributed by atoms with E-state index in [1.165, 1.54) is 19.3 Å². The summed E-state index contributed by atoms with van der Waals surface area (Å²) < 4.78 is 10.9. The van der Waals surface area contributed by atoms with Crippen molar-refractivity contribution in [2.45, 2.75) is 38.1 Å². The molecule has 0 spiro atoms. The highest BCUT2D eigenvalue weighted by atomic mass is 32.1. The van der Waals surface area contributed by atoms with Gasteiger partial charge in [0.05, 0.1) is 13.2 Å². The molecular weight excluding hydrogens is 412 g/mol. The molecule has 1 amide bonds. The Kier molecular flexibility index (Phi) is 7.32. The maximum Gasteiger partial charge on any atom is 0.227 e. The first-order chi connectivity index (χ1) is 15.2. The fourth-order valence-electron chi connectivity index (χ4n) is 3.99. The summed E-state index contributed by atoms with van der Waals surface area (Å²) in [6.45, 7) is 2.61. The van der Waals surface area contributed by atoms with Crippen molar-refractivity contribution in [1.29, 1.82) is 0 Å². The van der Waals surface area contributed by atoms with Crippen molar-refractivity contribution >= 4 is 17.2 Å². The number of para-hydroxylation sites is 1. The third-order valence-corrected chi connectivity index (χ3v) is 6.32. The zero-order valence-corrected chi connectivity index (χ0v) is 18.6. The molecule has 7 nitrogen and oxygen atoms in total. The van der Waals surface area contributed by atoms with E-state index >= 15 is 0 Å². The van der Waals surface area contributed by atoms with Gasteiger partial charge in [-0.1, -0.05) is 29.8 Å². The lowest BCUT2D eigenvalue weighted by atomic mass is 10.0. The molecule has 8 heteroatoms. The van der Waals surface area contributed by atoms with Crippen LogP contribution in [0.25, 0.3) is 11.4 Å². The number of aryl methyl sites for hydroxylation is 1. The van der Waals surface area contributed by atoms with Crippen molar-refractivity contribution < 1.29 is 14.1 Å². The number of carbonyl (C=O) groups is 1. The summed E-state index contributed by atoms with van der Waals surface area (Å²) in [4.78, 5) is 19.4. The normalized spacial score (nSPS) is 15.5. The number of hydrogen-bond donors (Lipinski definition) is 1. The lowest BCUT2D eigenvalue weighted by Crippen LogP contribution is -2.40. The van der Waals surface area contributed by atoms with Gasteiger partial charge in [0.15, 0.2) is 0 Å². The number of aromatic nitrogens is 2. The molecule has 1 aromatic carbocycles. The smallest absolute Gasteiger partial charge is 0.227 e. The predicted octanol–water partition coefficient (Wildman–Crippen LogP) is 4.08. The van der Waals surface area contributed by atoms with Crippen molar-refractivity contribution in [1.82, 2.24) is 20.4 Å². The Hall–Kier alpha value is -2.71. The first-order valence-corrected chi connectivity index (χ1v) is 11.7. The van der Waals surface area contributed by atoms with Crippen LogP contribution in [0.5, 0.6) is 5.75 Å². The van der Waals surface area contributed by atoms with Crippen molar-refractivity contribution in [2.75, 3.05) is 26.7 Å². The lowest BCUT2D eigenvalue weighted by molar-refractivity contribution is -0.121. The second kappa shape index (κ2) is 10.5. The maximum atomic E-state index is 12.6. The monoisotopic (exact) mass is 440 g/mol. The predicted molar refractivity (Wildman–Crippen MR) is 120 cm³/mol. The van der Waals surface area contributed by atoms with E-state index in [1.54, 1.807) is 18.4 Å². The van der Waals surface area contributed by atoms with Gasteiger partial charge in [0.1, 0.15) is 5.75 Å². The maximum absolute atomic E-state index is 12.6. The average molecular weight is 441 g/mol. The van der Waals surface area contributed by atoms with E-state index in [-0.39, 0.29) is 11.9 Å². The molecule has 0 saturated carbocycles. The minimum Gasteiger partial charge on any atom is -0.496 e. The van der Waals surface area contributed by atoms with Crippen molar-refractivity contribution in [3.05, 3.63) is 52.5 Å². The molecular formula is C23H28N4O3S. The molecule has 31 heavy (non-hydrogen) atoms. The van der Waals surface area contributed by atoms with Gasteiger partial charge in [-0.15, -0.1) is 0 Å². The van der Waals surface area contributed by atoms with Gasteiger partial charge in [-0.05, 0) is 43.4 Å². The number of nitrogens with zero attached hydrogens (tertiary/aromatic N) is 3. The van der Waals surface area contributed by atoms with Gasteiger partial charge >= 0.3 is 0 Å². The highest BCUT2D eigenvalue weighted by Gasteiger charge is 2.25. The van der Waals surface area contributed by atoms with Gasteiger partial charge in [-0.2, -0.15) is 16.3 Å². The van der Waals surface area contributed by atoms with Gasteiger partial charge in [0, 0.05) is 35.9 Å². The topological polar surface area (TPSA) is 80.5 Å². The number of methoxy groups -OCH3 is 1. The van der Waals surface area contributed by atoms with Crippen molar-refractivity contribution in [3.63, 3.8) is 0 Å². The number of nitrogens with one attached hydrogen (secondary N) is 1. The molecule has 1 N–H and O–H groups in total. The molecule has 1 fully saturated rings. The van der Waals surface area contributed by atoms with Crippen LogP contribution < -0.4 is 10.1 Å². The fraction of sp³-hybridized carbons (Fsp3) is 0.435. The van der Waals surface area contributed by atoms with Crippen LogP contribution >= 0.6 is 11.3 Å². The van der Waals surface area contributed by atoms with Crippen LogP contribution in [0.3, 0.4) is 0 Å². The molecule has 1 aliphatic rings. The molecule has 0 aliphatic carbocycles. The first-order valence-electron chi connectivity index (χ1n) is 10.7. The molecule has 2 aromatic heterocycles. The Morgan fingerprint density at radius 1 is 1.26 bits per heavy atom. The van der Waals surface area contributed by atoms with Crippen molar-refractivity contribution in [2.24, 2.45) is 0 Å². The van der Waals surface area contributed by atoms with Gasteiger partial charge < -0.3 is 14.6 Å². The second-order valence-corrected chi connectivity index (χ2v) is 8.46. The summed E-state index contributed by atoms with van der Waals surface area (Å²) in [5, 5.41) is 11.1. The summed E-state index contributed by atoms with van der Waals surface area (Å²) in [5.74, 6) is 1.89. The number of ether oxygens (including phenoxy) is 1. The summed E-state index contributed by atoms with van der Waals surface area (Å²) >= 11 is 1.58. The van der Waals surface area contributed by atoms with Crippen LogP contribution in [0.2, 0.25) is 0 Å². The number of amides is 1. The van der Waals surface area contributed by atoms with E-state index < -0.39 is 0 Å². The summed E-state index contributed by atoms with van der Waals surface area (Å²) in [5.41, 5.74) is 2.05. The standard InChI is InChI=1S/C23H28N4O3S/c1-29-20-8-4-3-7-18(20)19(27-12-5-2-6-13-27)15-24-21(28)9-10-22-25-23(26-30-22)17-11-14-31-16-17/h3-4,7-8,11,14,16,19H,2,5-6,9-10,12-13,15H2,1H3,(H,24,28). The number of carbonyl (C=O) groups excluding carboxylic acids is 1. The van der Waals surface area contributed by atoms with Gasteiger partial charge in [-0.3, -0.25) is 9.69 Å². The highest BCUT2D eigenvalue weighted by molar-refractivity contribution is 7.08. The summed E-state index contributed by atoms with van der Waals surface area (Å²) in [7, 11) is 1.69. The third kappa shape index (κ3) is 5.51. The number of rotatable bonds is 9. The molecule has 0 bridgehead atoms. The van der Waals surface area contributed by atoms with Crippen LogP contribution in [-0.2, 0) is 11.2 Å². The van der Waals surface area contributed by atoms with E-state index in [0.29, 0.717) is 31.1 Å². The number of likely N-dealkylation sites (tertiary alicyclic amines) is 1. The molecule has 0 radical (unpaired) electrons. The minimum atomic E-state index is -0.0211. The molecule has 1 atom stereocenters. The minimum absolute atomic E-state index is 0.0211. The average Bonchev–Trinajstić information content (AvgIpc) is 3.51. The third-order valence-electron chi connectivity index (χ3n) is 5.64. The zero-order valence-electron chi connectivity index (χ0n) is 17.8. The Morgan fingerprint density at radius 2 is 2.10 bits per heavy atom. The Labute approximate surface area is 186 Å². The van der Waals surface area contributed by atoms with Crippen LogP contribution in [0.4, 0.5) is 0 Å². The number of hydrogen-bond acceptors (Lipinski definition) is 7. The zero-order chi connectivity index (χ0) is 21.5. The fourth-order valence-corrected chi connectivity index (χ4v) is 4.63. The molecule has 164 valence electrons. The molecule has 1 saturated heterocycles. The van der Waals surface area contributed by atoms with E-state index in [4.69, 9.17) is 9.26 Å². The van der Waals surface area contributed by atoms with Crippen LogP contribution in [-0.4, -0.2) is 47.7 Å². The van der Waals surface area contributed by atoms with Crippen LogP contribution in [0, 0.1) is 0 Å². The Morgan fingerprint density at radius 3 is 2.87 bits per heavy atom. The quantitative estimate of drug-likeness (QED) is 0.540. The van der Waals surface area contributed by atoms with E-state index in [2.05, 4.69) is 26.4 Å². The molecule has 4 rings (SSSR count). The van der Waals surface area contributed by atoms with E-state index in [1.807, 2.05) is 35.0 Å². The van der Waals surface area contributed by atoms with Gasteiger partial charge in [0.25, 0.3) is 0 Å². The highest BCUT2D eigenvalue weighted by Crippen LogP contribution is 2.31. The molecule has 1 aliphatic heterocycles. The van der Waals surface area contributed by atoms with Crippen LogP contribution in [0.15, 0.2) is 45.6 Å². The Balaban J connectivity index is 1.36. The number of thiophene rings is 1. The van der Waals surface area contributed by atoms with Gasteiger partial charge in [0.2, 0.25) is 17.6 Å². The largest absolute Gasteiger partial charge is 0.496 e. The second-order valence-electron chi connectivity index (χ2n) is 7.68. The van der Waals surface area contributed by atoms with Crippen LogP contribution in [0.1, 0.15) is 43.2 Å². The number of benzene rings is 1. The summed E-state index contributed by atoms with van der Waals surface area (Å²) in [6.07, 6.45) is 4.36. The van der Waals surface area contributed by atoms with E-state index in [0.717, 1.165) is 30.0 Å². The van der Waals surface area contributed by atoms with Crippen molar-refractivity contribution in [3.8, 4) is 17.1 Å². The Bertz CT molecular complexity index is 967. The van der Waals surface area contributed by atoms with Gasteiger partial charge in [-0.25, -0.2) is 0 Å². The number of piperidine rings is 1. The summed E-state index contributed by atoms with van der Waals surface area (Å²) in [6, 6.07) is 10.1. The SMILES string of the molecule is COc1ccccc1C(CNC(=O)CCc1nc(-c2ccsc2)no1)N1CCCCC1. The first kappa shape index (κ1) is 21.5. The lowest BCUT2D eigenvalue weighted by Gasteiger charge is -2.35.